The van der Waals surface area contributed by atoms with Crippen molar-refractivity contribution in [3.05, 3.63) is 0 Å². The van der Waals surface area contributed by atoms with Gasteiger partial charge in [-0.05, 0) is 1.34 Å². The van der Waals surface area contributed by atoms with Gasteiger partial charge in [0.1, 0.15) is 0 Å². The summed E-state index contributed by atoms with van der Waals surface area (Å²) in [5.41, 5.74) is 0. The van der Waals surface area contributed by atoms with Gasteiger partial charge in [0.25, 0.3) is 0 Å². The normalized spacial score (nSPS) is 9.43. The van der Waals surface area contributed by atoms with Crippen LogP contribution in [0.2, 0.25) is 0 Å². The van der Waals surface area contributed by atoms with Crippen LogP contribution in [0.3, 0.4) is 0 Å². The van der Waals surface area contributed by atoms with Crippen molar-refractivity contribution >= 4 is 50.7 Å². The molecule has 0 spiro atoms. The summed E-state index contributed by atoms with van der Waals surface area (Å²) in [6, 6.07) is 0. The van der Waals surface area contributed by atoms with Gasteiger partial charge in [0.2, 0.25) is 0 Å². The molecule has 0 radical (unpaired) electrons. The first kappa shape index (κ1) is 5.59. The summed E-state index contributed by atoms with van der Waals surface area (Å²) in [5.74, 6) is 0. The third kappa shape index (κ3) is 6.45. The summed E-state index contributed by atoms with van der Waals surface area (Å²) in [5, 5.41) is 0. The van der Waals surface area contributed by atoms with Crippen LogP contribution >= 0.6 is 0 Å². The fourth-order valence-corrected chi connectivity index (χ4v) is 0.770. The van der Waals surface area contributed by atoms with Gasteiger partial charge in [0.15, 0.2) is 0 Å². The zero-order valence-corrected chi connectivity index (χ0v) is 5.73. The third-order valence-electron chi connectivity index (χ3n) is 0.770. The summed E-state index contributed by atoms with van der Waals surface area (Å²) in [6.07, 6.45) is 1.02. The third-order valence-corrected chi connectivity index (χ3v) is 0.770. The highest BCUT2D eigenvalue weighted by Gasteiger charge is 2.04. The maximum absolute atomic E-state index is 7.48. The topological polar surface area (TPSA) is 0 Å². The van der Waals surface area contributed by atoms with Gasteiger partial charge >= 0.3 is 0 Å². The van der Waals surface area contributed by atoms with Gasteiger partial charge in [-0.2, -0.15) is 0 Å². The van der Waals surface area contributed by atoms with Crippen molar-refractivity contribution in [3.8, 4) is 0 Å². The predicted octanol–water partition coefficient (Wildman–Crippen LogP) is -5.07. The van der Waals surface area contributed by atoms with Gasteiger partial charge in [-0.1, -0.05) is 0 Å². The highest BCUT2D eigenvalue weighted by Crippen LogP contribution is 1.62. The summed E-state index contributed by atoms with van der Waals surface area (Å²) in [4.78, 5) is 0. The van der Waals surface area contributed by atoms with Crippen molar-refractivity contribution in [2.45, 2.75) is 0 Å². The Bertz CT molecular complexity index is 49.4. The molecule has 0 bridgehead atoms. The lowest BCUT2D eigenvalue weighted by Gasteiger charge is -1.96. The molecular weight excluding hydrogens is 75.7 g/mol. The Morgan fingerprint density at radius 2 is 1.43 bits per heavy atom. The fraction of sp³-hybridized carbons (Fsp3) is 0. The Morgan fingerprint density at radius 3 is 1.43 bits per heavy atom. The molecule has 7 heteroatoms. The lowest BCUT2D eigenvalue weighted by Crippen LogP contribution is -2.38. The van der Waals surface area contributed by atoms with Crippen LogP contribution in [0.5, 0.6) is 0 Å². The predicted molar refractivity (Wildman–Crippen MR) is 52.8 cm³/mol. The average Bonchev–Trinajstić information content (AvgIpc) is 1.64. The summed E-state index contributed by atoms with van der Waals surface area (Å²) < 4.78 is 7.48. The van der Waals surface area contributed by atoms with E-state index in [0.29, 0.717) is 12.8 Å². The van der Waals surface area contributed by atoms with E-state index < -0.39 is 0 Å². The van der Waals surface area contributed by atoms with Crippen molar-refractivity contribution in [1.29, 1.82) is 1.34 Å². The van der Waals surface area contributed by atoms with E-state index in [1.807, 2.05) is 0 Å². The van der Waals surface area contributed by atoms with E-state index in [4.69, 9.17) is 1.34 Å². The van der Waals surface area contributed by atoms with Crippen LogP contribution in [0.4, 0.5) is 0 Å². The molecule has 0 aliphatic rings. The molecule has 7 heavy (non-hydrogen) atoms. The average molecular weight is 86.8 g/mol. The smallest absolute Gasteiger partial charge is 0.0387 e. The quantitative estimate of drug-likeness (QED) is 0.295. The van der Waals surface area contributed by atoms with Crippen LogP contribution in [0.1, 0.15) is 0 Å². The van der Waals surface area contributed by atoms with Crippen molar-refractivity contribution < 1.29 is 0 Å². The molecular formula is H9B7. The SMILES string of the molecule is [3H]B(B(B)B)B(B)B. The molecule has 0 aliphatic carbocycles. The van der Waals surface area contributed by atoms with Crippen molar-refractivity contribution in [1.82, 2.24) is 0 Å². The molecule has 0 heterocycles. The van der Waals surface area contributed by atoms with E-state index in [0.717, 1.165) is 0 Å². The monoisotopic (exact) mass is 88.1 g/mol. The highest BCUT2D eigenvalue weighted by molar-refractivity contribution is 7.76. The molecule has 0 amide bonds. The standard InChI is InChI=1S/B7H9/c1-6(2)5-7(3)4/h5H,1-4H2/i5T. The van der Waals surface area contributed by atoms with Gasteiger partial charge in [-0.15, -0.1) is 0 Å². The summed E-state index contributed by atoms with van der Waals surface area (Å²) >= 11 is 0. The molecule has 0 saturated carbocycles. The van der Waals surface area contributed by atoms with E-state index in [2.05, 4.69) is 30.9 Å². The molecule has 0 N–H and O–H groups in total. The Balaban J connectivity index is 3.46. The highest BCUT2D eigenvalue weighted by atomic mass is 12.8. The second kappa shape index (κ2) is 3.46. The Kier molecular flexibility index (Phi) is 2.76. The molecule has 0 atom stereocenters. The lowest BCUT2D eigenvalue weighted by molar-refractivity contribution is 3.76. The minimum atomic E-state index is 0.120. The van der Waals surface area contributed by atoms with Crippen LogP contribution in [0.25, 0.3) is 0 Å². The van der Waals surface area contributed by atoms with E-state index >= 15 is 0 Å². The van der Waals surface area contributed by atoms with Crippen LogP contribution < -0.4 is 0 Å². The Labute approximate surface area is 52.9 Å². The van der Waals surface area contributed by atoms with Crippen molar-refractivity contribution in [2.24, 2.45) is 0 Å². The van der Waals surface area contributed by atoms with Gasteiger partial charge in [-0.25, -0.2) is 0 Å². The van der Waals surface area contributed by atoms with Gasteiger partial charge in [0.05, 0.1) is 30.9 Å². The molecule has 0 aromatic rings. The molecule has 0 aromatic carbocycles. The van der Waals surface area contributed by atoms with E-state index in [1.54, 1.807) is 0 Å². The molecule has 0 nitrogen and oxygen atoms in total. The van der Waals surface area contributed by atoms with Crippen molar-refractivity contribution in [2.75, 3.05) is 0 Å². The van der Waals surface area contributed by atoms with E-state index in [9.17, 15) is 0 Å². The van der Waals surface area contributed by atoms with E-state index in [1.165, 1.54) is 0 Å². The zero-order valence-electron chi connectivity index (χ0n) is 6.73. The maximum atomic E-state index is 7.48. The molecule has 0 fully saturated rings. The second-order valence-electron chi connectivity index (χ2n) is 2.68. The number of hydrogen-bond donors (Lipinski definition) is 0. The summed E-state index contributed by atoms with van der Waals surface area (Å²) in [7, 11) is 8.50. The van der Waals surface area contributed by atoms with E-state index in [-0.39, 0.29) is 7.02 Å². The maximum Gasteiger partial charge on any atom is 0.0556 e. The number of hydrogen-bond acceptors (Lipinski definition) is 0. The molecule has 30 valence electrons. The van der Waals surface area contributed by atoms with Gasteiger partial charge in [-0.3, -0.25) is 0 Å². The first-order valence-electron chi connectivity index (χ1n) is 3.55. The molecule has 0 unspecified atom stereocenters. The molecule has 0 aromatic heterocycles. The van der Waals surface area contributed by atoms with Crippen LogP contribution in [0.15, 0.2) is 0 Å². The second-order valence-corrected chi connectivity index (χ2v) is 2.68. The molecule has 0 saturated heterocycles. The van der Waals surface area contributed by atoms with Crippen LogP contribution in [-0.2, 0) is 0 Å². The van der Waals surface area contributed by atoms with Crippen molar-refractivity contribution in [3.63, 3.8) is 0 Å². The van der Waals surface area contributed by atoms with Crippen LogP contribution in [-0.4, -0.2) is 52.1 Å². The largest absolute Gasteiger partial charge is 0.0556 e. The van der Waals surface area contributed by atoms with Gasteiger partial charge in [0, 0.05) is 19.8 Å². The lowest BCUT2D eigenvalue weighted by atomic mass is 8.81. The number of rotatable bonds is 2. The Morgan fingerprint density at radius 1 is 1.14 bits per heavy atom. The minimum Gasteiger partial charge on any atom is -0.0387 e. The van der Waals surface area contributed by atoms with Crippen LogP contribution in [0, 0.1) is 0 Å². The molecule has 0 rings (SSSR count). The zero-order chi connectivity index (χ0) is 6.73. The summed E-state index contributed by atoms with van der Waals surface area (Å²) in [6.45, 7) is 0. The Hall–Kier alpha value is 0.455. The minimum absolute atomic E-state index is 0.120. The first-order chi connectivity index (χ1) is 3.55. The molecule has 0 aliphatic heterocycles. The van der Waals surface area contributed by atoms with Gasteiger partial charge < -0.3 is 0 Å². The fourth-order valence-electron chi connectivity index (χ4n) is 0.770. The first-order valence-corrected chi connectivity index (χ1v) is 2.98.